The average molecular weight is 387 g/mol. The molecular formula is C20H22N2O2S2. The molecule has 4 nitrogen and oxygen atoms in total. The molecule has 0 aliphatic carbocycles. The monoisotopic (exact) mass is 386 g/mol. The van der Waals surface area contributed by atoms with Crippen LogP contribution in [-0.2, 0) is 6.54 Å². The van der Waals surface area contributed by atoms with Crippen molar-refractivity contribution in [3.05, 3.63) is 62.8 Å². The van der Waals surface area contributed by atoms with Crippen molar-refractivity contribution in [2.24, 2.45) is 0 Å². The summed E-state index contributed by atoms with van der Waals surface area (Å²) in [4.78, 5) is 21.8. The van der Waals surface area contributed by atoms with Crippen LogP contribution in [0.15, 0.2) is 41.8 Å². The SMILES string of the molecule is Cc1nc(-c2cccc(C(=O)N(CCCO)Cc3cccs3)c2)sc1C. The van der Waals surface area contributed by atoms with E-state index >= 15 is 0 Å². The fourth-order valence-electron chi connectivity index (χ4n) is 2.67. The lowest BCUT2D eigenvalue weighted by Gasteiger charge is -2.22. The molecule has 0 radical (unpaired) electrons. The van der Waals surface area contributed by atoms with Crippen LogP contribution >= 0.6 is 22.7 Å². The summed E-state index contributed by atoms with van der Waals surface area (Å²) in [6.07, 6.45) is 0.571. The molecule has 1 N–H and O–H groups in total. The van der Waals surface area contributed by atoms with Gasteiger partial charge in [-0.05, 0) is 43.8 Å². The average Bonchev–Trinajstić information content (AvgIpc) is 3.28. The van der Waals surface area contributed by atoms with Crippen LogP contribution in [0, 0.1) is 13.8 Å². The molecular weight excluding hydrogens is 364 g/mol. The summed E-state index contributed by atoms with van der Waals surface area (Å²) in [5.74, 6) is -0.0151. The number of amides is 1. The second kappa shape index (κ2) is 8.58. The zero-order valence-electron chi connectivity index (χ0n) is 14.9. The van der Waals surface area contributed by atoms with Crippen LogP contribution in [0.25, 0.3) is 10.6 Å². The summed E-state index contributed by atoms with van der Waals surface area (Å²) < 4.78 is 0. The van der Waals surface area contributed by atoms with E-state index in [2.05, 4.69) is 11.9 Å². The molecule has 3 rings (SSSR count). The second-order valence-electron chi connectivity index (χ2n) is 6.12. The number of hydrogen-bond acceptors (Lipinski definition) is 5. The van der Waals surface area contributed by atoms with E-state index in [0.717, 1.165) is 21.1 Å². The Morgan fingerprint density at radius 2 is 2.08 bits per heavy atom. The van der Waals surface area contributed by atoms with Gasteiger partial charge in [0.15, 0.2) is 0 Å². The zero-order chi connectivity index (χ0) is 18.5. The summed E-state index contributed by atoms with van der Waals surface area (Å²) >= 11 is 3.28. The van der Waals surface area contributed by atoms with Crippen LogP contribution in [0.2, 0.25) is 0 Å². The Kier molecular flexibility index (Phi) is 6.19. The molecule has 0 saturated carbocycles. The molecule has 3 aromatic rings. The van der Waals surface area contributed by atoms with E-state index in [9.17, 15) is 9.90 Å². The van der Waals surface area contributed by atoms with E-state index in [1.165, 1.54) is 4.88 Å². The van der Waals surface area contributed by atoms with E-state index in [-0.39, 0.29) is 12.5 Å². The van der Waals surface area contributed by atoms with Crippen LogP contribution in [0.4, 0.5) is 0 Å². The molecule has 1 amide bonds. The highest BCUT2D eigenvalue weighted by atomic mass is 32.1. The van der Waals surface area contributed by atoms with E-state index in [4.69, 9.17) is 0 Å². The minimum Gasteiger partial charge on any atom is -0.396 e. The lowest BCUT2D eigenvalue weighted by molar-refractivity contribution is 0.0734. The maximum absolute atomic E-state index is 13.1. The van der Waals surface area contributed by atoms with Gasteiger partial charge in [-0.3, -0.25) is 4.79 Å². The maximum Gasteiger partial charge on any atom is 0.254 e. The summed E-state index contributed by atoms with van der Waals surface area (Å²) in [5, 5.41) is 12.1. The molecule has 0 atom stereocenters. The van der Waals surface area contributed by atoms with Gasteiger partial charge in [0.25, 0.3) is 5.91 Å². The van der Waals surface area contributed by atoms with E-state index in [1.54, 1.807) is 27.6 Å². The number of thiophene rings is 1. The van der Waals surface area contributed by atoms with Crippen molar-refractivity contribution in [3.8, 4) is 10.6 Å². The number of carbonyl (C=O) groups excluding carboxylic acids is 1. The first kappa shape index (κ1) is 18.8. The third-order valence-corrected chi connectivity index (χ3v) is 6.17. The first-order valence-corrected chi connectivity index (χ1v) is 10.2. The number of benzene rings is 1. The van der Waals surface area contributed by atoms with Gasteiger partial charge in [0, 0.05) is 34.0 Å². The summed E-state index contributed by atoms with van der Waals surface area (Å²) in [7, 11) is 0. The van der Waals surface area contributed by atoms with Crippen LogP contribution in [0.1, 0.15) is 32.2 Å². The van der Waals surface area contributed by atoms with Crippen LogP contribution < -0.4 is 0 Å². The highest BCUT2D eigenvalue weighted by Gasteiger charge is 2.17. The minimum absolute atomic E-state index is 0.0151. The fraction of sp³-hybridized carbons (Fsp3) is 0.300. The van der Waals surface area contributed by atoms with Crippen molar-refractivity contribution in [2.75, 3.05) is 13.2 Å². The molecule has 0 saturated heterocycles. The first-order chi connectivity index (χ1) is 12.6. The summed E-state index contributed by atoms with van der Waals surface area (Å²) in [6, 6.07) is 11.7. The molecule has 2 heterocycles. The molecule has 0 bridgehead atoms. The Bertz CT molecular complexity index is 852. The van der Waals surface area contributed by atoms with Gasteiger partial charge in [0.05, 0.1) is 12.2 Å². The van der Waals surface area contributed by atoms with Gasteiger partial charge < -0.3 is 10.0 Å². The quantitative estimate of drug-likeness (QED) is 0.650. The minimum atomic E-state index is -0.0151. The molecule has 26 heavy (non-hydrogen) atoms. The molecule has 0 aliphatic rings. The van der Waals surface area contributed by atoms with Crippen molar-refractivity contribution in [1.29, 1.82) is 0 Å². The van der Waals surface area contributed by atoms with Crippen molar-refractivity contribution < 1.29 is 9.90 Å². The number of rotatable bonds is 7. The predicted molar refractivity (Wildman–Crippen MR) is 108 cm³/mol. The number of nitrogens with zero attached hydrogens (tertiary/aromatic N) is 2. The second-order valence-corrected chi connectivity index (χ2v) is 8.36. The van der Waals surface area contributed by atoms with Gasteiger partial charge in [-0.25, -0.2) is 4.98 Å². The van der Waals surface area contributed by atoms with E-state index in [0.29, 0.717) is 25.1 Å². The van der Waals surface area contributed by atoms with Gasteiger partial charge in [0.2, 0.25) is 0 Å². The smallest absolute Gasteiger partial charge is 0.254 e. The Morgan fingerprint density at radius 3 is 2.73 bits per heavy atom. The Balaban J connectivity index is 1.85. The van der Waals surface area contributed by atoms with E-state index < -0.39 is 0 Å². The molecule has 1 aromatic carbocycles. The van der Waals surface area contributed by atoms with Gasteiger partial charge in [-0.2, -0.15) is 0 Å². The zero-order valence-corrected chi connectivity index (χ0v) is 16.6. The number of aliphatic hydroxyl groups is 1. The standard InChI is InChI=1S/C20H22N2O2S2/c1-14-15(2)26-19(21-14)16-6-3-7-17(12-16)20(24)22(9-5-10-23)13-18-8-4-11-25-18/h3-4,6-8,11-12,23H,5,9-10,13H2,1-2H3. The molecule has 0 aliphatic heterocycles. The molecule has 0 fully saturated rings. The third kappa shape index (κ3) is 4.38. The largest absolute Gasteiger partial charge is 0.396 e. The highest BCUT2D eigenvalue weighted by molar-refractivity contribution is 7.15. The number of aryl methyl sites for hydroxylation is 2. The maximum atomic E-state index is 13.1. The fourth-order valence-corrected chi connectivity index (χ4v) is 4.30. The Labute approximate surface area is 161 Å². The van der Waals surface area contributed by atoms with Gasteiger partial charge in [-0.15, -0.1) is 22.7 Å². The number of aliphatic hydroxyl groups excluding tert-OH is 1. The normalized spacial score (nSPS) is 10.9. The van der Waals surface area contributed by atoms with E-state index in [1.807, 2.05) is 48.7 Å². The van der Waals surface area contributed by atoms with Crippen molar-refractivity contribution >= 4 is 28.6 Å². The van der Waals surface area contributed by atoms with Crippen LogP contribution in [-0.4, -0.2) is 34.0 Å². The Morgan fingerprint density at radius 1 is 1.23 bits per heavy atom. The molecule has 136 valence electrons. The first-order valence-electron chi connectivity index (χ1n) is 8.55. The molecule has 0 unspecified atom stereocenters. The number of thiazole rings is 1. The lowest BCUT2D eigenvalue weighted by Crippen LogP contribution is -2.31. The molecule has 2 aromatic heterocycles. The predicted octanol–water partition coefficient (Wildman–Crippen LogP) is 4.51. The van der Waals surface area contributed by atoms with Crippen molar-refractivity contribution in [1.82, 2.24) is 9.88 Å². The topological polar surface area (TPSA) is 53.4 Å². The van der Waals surface area contributed by atoms with Gasteiger partial charge in [0.1, 0.15) is 5.01 Å². The van der Waals surface area contributed by atoms with Crippen molar-refractivity contribution in [2.45, 2.75) is 26.8 Å². The summed E-state index contributed by atoms with van der Waals surface area (Å²) in [5.41, 5.74) is 2.65. The number of carbonyl (C=O) groups is 1. The number of aromatic nitrogens is 1. The summed E-state index contributed by atoms with van der Waals surface area (Å²) in [6.45, 7) is 5.24. The third-order valence-electron chi connectivity index (χ3n) is 4.19. The van der Waals surface area contributed by atoms with Crippen LogP contribution in [0.5, 0.6) is 0 Å². The lowest BCUT2D eigenvalue weighted by atomic mass is 10.1. The van der Waals surface area contributed by atoms with Gasteiger partial charge in [-0.1, -0.05) is 18.2 Å². The van der Waals surface area contributed by atoms with Crippen molar-refractivity contribution in [3.63, 3.8) is 0 Å². The highest BCUT2D eigenvalue weighted by Crippen LogP contribution is 2.28. The Hall–Kier alpha value is -2.02. The van der Waals surface area contributed by atoms with Gasteiger partial charge >= 0.3 is 0 Å². The molecule has 6 heteroatoms. The molecule has 0 spiro atoms. The number of hydrogen-bond donors (Lipinski definition) is 1. The van der Waals surface area contributed by atoms with Crippen LogP contribution in [0.3, 0.4) is 0 Å².